The largest absolute Gasteiger partial charge is 0.493 e. The highest BCUT2D eigenvalue weighted by Gasteiger charge is 2.17. The Labute approximate surface area is 136 Å². The van der Waals surface area contributed by atoms with E-state index in [2.05, 4.69) is 0 Å². The lowest BCUT2D eigenvalue weighted by Gasteiger charge is -2.20. The lowest BCUT2D eigenvalue weighted by molar-refractivity contribution is -0.145. The molecule has 1 N–H and O–H groups in total. The minimum Gasteiger partial charge on any atom is -0.493 e. The Balaban J connectivity index is 2.75. The number of allylic oxidation sites excluding steroid dienone is 1. The number of hydrogen-bond acceptors (Lipinski definition) is 4. The minimum absolute atomic E-state index is 0.230. The lowest BCUT2D eigenvalue weighted by atomic mass is 10.2. The summed E-state index contributed by atoms with van der Waals surface area (Å²) in [6.45, 7) is 3.62. The monoisotopic (exact) mass is 321 g/mol. The molecule has 0 saturated carbocycles. The van der Waals surface area contributed by atoms with E-state index in [1.807, 2.05) is 32.1 Å². The van der Waals surface area contributed by atoms with Gasteiger partial charge in [0.15, 0.2) is 18.1 Å². The number of carbonyl (C=O) groups is 2. The van der Waals surface area contributed by atoms with Gasteiger partial charge in [0.25, 0.3) is 5.91 Å². The molecule has 0 bridgehead atoms. The van der Waals surface area contributed by atoms with Gasteiger partial charge in [0.2, 0.25) is 0 Å². The SMILES string of the molecule is C/C=C/c1ccc(OCC(=O)N(CCC)CC(=O)O)c(OC)c1. The molecule has 0 atom stereocenters. The second-order valence-corrected chi connectivity index (χ2v) is 4.91. The second-order valence-electron chi connectivity index (χ2n) is 4.91. The van der Waals surface area contributed by atoms with Crippen molar-refractivity contribution in [1.29, 1.82) is 0 Å². The van der Waals surface area contributed by atoms with E-state index in [1.165, 1.54) is 12.0 Å². The van der Waals surface area contributed by atoms with E-state index in [1.54, 1.807) is 12.1 Å². The molecule has 0 aliphatic carbocycles. The quantitative estimate of drug-likeness (QED) is 0.756. The van der Waals surface area contributed by atoms with Gasteiger partial charge in [0, 0.05) is 6.54 Å². The van der Waals surface area contributed by atoms with Crippen molar-refractivity contribution in [2.75, 3.05) is 26.8 Å². The number of hydrogen-bond donors (Lipinski definition) is 1. The maximum Gasteiger partial charge on any atom is 0.323 e. The van der Waals surface area contributed by atoms with Gasteiger partial charge < -0.3 is 19.5 Å². The molecule has 126 valence electrons. The highest BCUT2D eigenvalue weighted by molar-refractivity contribution is 5.82. The molecule has 0 aromatic heterocycles. The van der Waals surface area contributed by atoms with Gasteiger partial charge >= 0.3 is 5.97 Å². The third-order valence-corrected chi connectivity index (χ3v) is 3.07. The third kappa shape index (κ3) is 6.02. The van der Waals surface area contributed by atoms with E-state index < -0.39 is 5.97 Å². The van der Waals surface area contributed by atoms with E-state index >= 15 is 0 Å². The van der Waals surface area contributed by atoms with Crippen molar-refractivity contribution in [1.82, 2.24) is 4.90 Å². The Morgan fingerprint density at radius 1 is 1.30 bits per heavy atom. The van der Waals surface area contributed by atoms with E-state index in [-0.39, 0.29) is 19.1 Å². The van der Waals surface area contributed by atoms with Gasteiger partial charge in [-0.1, -0.05) is 25.1 Å². The number of methoxy groups -OCH3 is 1. The van der Waals surface area contributed by atoms with E-state index in [0.717, 1.165) is 5.56 Å². The fourth-order valence-corrected chi connectivity index (χ4v) is 2.06. The number of amides is 1. The summed E-state index contributed by atoms with van der Waals surface area (Å²) < 4.78 is 10.8. The Hall–Kier alpha value is -2.50. The van der Waals surface area contributed by atoms with Crippen LogP contribution in [0.5, 0.6) is 11.5 Å². The molecule has 1 rings (SSSR count). The lowest BCUT2D eigenvalue weighted by Crippen LogP contribution is -2.39. The molecule has 0 fully saturated rings. The Morgan fingerprint density at radius 3 is 2.61 bits per heavy atom. The van der Waals surface area contributed by atoms with Gasteiger partial charge in [-0.15, -0.1) is 0 Å². The highest BCUT2D eigenvalue weighted by Crippen LogP contribution is 2.28. The van der Waals surface area contributed by atoms with Crippen molar-refractivity contribution in [2.24, 2.45) is 0 Å². The number of carbonyl (C=O) groups excluding carboxylic acids is 1. The van der Waals surface area contributed by atoms with Crippen molar-refractivity contribution >= 4 is 18.0 Å². The van der Waals surface area contributed by atoms with Gasteiger partial charge in [0.05, 0.1) is 7.11 Å². The summed E-state index contributed by atoms with van der Waals surface area (Å²) in [5.41, 5.74) is 0.960. The Kier molecular flexibility index (Phi) is 7.66. The summed E-state index contributed by atoms with van der Waals surface area (Å²) in [4.78, 5) is 24.2. The van der Waals surface area contributed by atoms with Gasteiger partial charge in [-0.05, 0) is 31.0 Å². The molecule has 0 heterocycles. The van der Waals surface area contributed by atoms with Gasteiger partial charge in [-0.3, -0.25) is 9.59 Å². The van der Waals surface area contributed by atoms with Gasteiger partial charge in [-0.25, -0.2) is 0 Å². The predicted octanol–water partition coefficient (Wildman–Crippen LogP) is 2.43. The van der Waals surface area contributed by atoms with Crippen molar-refractivity contribution < 1.29 is 24.2 Å². The molecule has 0 spiro atoms. The molecule has 0 aliphatic rings. The fraction of sp³-hybridized carbons (Fsp3) is 0.412. The van der Waals surface area contributed by atoms with Crippen LogP contribution in [0, 0.1) is 0 Å². The van der Waals surface area contributed by atoms with Crippen LogP contribution in [-0.4, -0.2) is 48.7 Å². The molecular formula is C17H23NO5. The number of carboxylic acid groups (broad SMARTS) is 1. The van der Waals surface area contributed by atoms with E-state index in [9.17, 15) is 9.59 Å². The van der Waals surface area contributed by atoms with E-state index in [4.69, 9.17) is 14.6 Å². The van der Waals surface area contributed by atoms with Crippen LogP contribution in [0.4, 0.5) is 0 Å². The first-order valence-corrected chi connectivity index (χ1v) is 7.44. The minimum atomic E-state index is -1.04. The molecule has 0 radical (unpaired) electrons. The van der Waals surface area contributed by atoms with Crippen molar-refractivity contribution in [2.45, 2.75) is 20.3 Å². The first kappa shape index (κ1) is 18.5. The number of nitrogens with zero attached hydrogens (tertiary/aromatic N) is 1. The molecule has 6 heteroatoms. The predicted molar refractivity (Wildman–Crippen MR) is 87.7 cm³/mol. The van der Waals surface area contributed by atoms with Crippen molar-refractivity contribution in [3.05, 3.63) is 29.8 Å². The Bertz CT molecular complexity index is 568. The summed E-state index contributed by atoms with van der Waals surface area (Å²) >= 11 is 0. The van der Waals surface area contributed by atoms with Crippen LogP contribution in [-0.2, 0) is 9.59 Å². The molecule has 0 saturated heterocycles. The normalized spacial score (nSPS) is 10.6. The molecule has 0 unspecified atom stereocenters. The van der Waals surface area contributed by atoms with E-state index in [0.29, 0.717) is 24.5 Å². The van der Waals surface area contributed by atoms with Crippen LogP contribution in [0.1, 0.15) is 25.8 Å². The molecule has 1 aromatic carbocycles. The average Bonchev–Trinajstić information content (AvgIpc) is 2.52. The molecule has 23 heavy (non-hydrogen) atoms. The van der Waals surface area contributed by atoms with Crippen molar-refractivity contribution in [3.8, 4) is 11.5 Å². The maximum atomic E-state index is 12.1. The molecular weight excluding hydrogens is 298 g/mol. The summed E-state index contributed by atoms with van der Waals surface area (Å²) in [5.74, 6) is -0.441. The number of carboxylic acids is 1. The smallest absolute Gasteiger partial charge is 0.323 e. The van der Waals surface area contributed by atoms with Crippen LogP contribution in [0.15, 0.2) is 24.3 Å². The summed E-state index contributed by atoms with van der Waals surface area (Å²) in [6.07, 6.45) is 4.51. The second kappa shape index (κ2) is 9.50. The highest BCUT2D eigenvalue weighted by atomic mass is 16.5. The zero-order chi connectivity index (χ0) is 17.2. The molecule has 1 aromatic rings. The van der Waals surface area contributed by atoms with Gasteiger partial charge in [0.1, 0.15) is 6.54 Å². The number of rotatable bonds is 9. The van der Waals surface area contributed by atoms with Crippen LogP contribution in [0.3, 0.4) is 0 Å². The van der Waals surface area contributed by atoms with Gasteiger partial charge in [-0.2, -0.15) is 0 Å². The summed E-state index contributed by atoms with van der Waals surface area (Å²) in [6, 6.07) is 5.38. The molecule has 1 amide bonds. The zero-order valence-corrected chi connectivity index (χ0v) is 13.7. The standard InChI is InChI=1S/C17H23NO5/c1-4-6-13-7-8-14(15(10-13)22-3)23-12-16(19)18(9-5-2)11-17(20)21/h4,6-8,10H,5,9,11-12H2,1-3H3,(H,20,21)/b6-4+. The maximum absolute atomic E-state index is 12.1. The van der Waals surface area contributed by atoms with Crippen LogP contribution >= 0.6 is 0 Å². The van der Waals surface area contributed by atoms with Crippen LogP contribution in [0.25, 0.3) is 6.08 Å². The summed E-state index contributed by atoms with van der Waals surface area (Å²) in [5, 5.41) is 8.85. The number of benzene rings is 1. The van der Waals surface area contributed by atoms with Crippen molar-refractivity contribution in [3.63, 3.8) is 0 Å². The third-order valence-electron chi connectivity index (χ3n) is 3.07. The van der Waals surface area contributed by atoms with Crippen LogP contribution in [0.2, 0.25) is 0 Å². The topological polar surface area (TPSA) is 76.1 Å². The zero-order valence-electron chi connectivity index (χ0n) is 13.7. The van der Waals surface area contributed by atoms with Crippen LogP contribution < -0.4 is 9.47 Å². The Morgan fingerprint density at radius 2 is 2.04 bits per heavy atom. The molecule has 6 nitrogen and oxygen atoms in total. The molecule has 0 aliphatic heterocycles. The number of aliphatic carboxylic acids is 1. The average molecular weight is 321 g/mol. The summed E-state index contributed by atoms with van der Waals surface area (Å²) in [7, 11) is 1.53. The fourth-order valence-electron chi connectivity index (χ4n) is 2.06. The first-order valence-electron chi connectivity index (χ1n) is 7.44. The first-order chi connectivity index (χ1) is 11.0. The number of ether oxygens (including phenoxy) is 2.